The van der Waals surface area contributed by atoms with Crippen molar-refractivity contribution in [1.29, 1.82) is 0 Å². The first-order chi connectivity index (χ1) is 11.5. The summed E-state index contributed by atoms with van der Waals surface area (Å²) in [5.41, 5.74) is 2.50. The molecule has 3 aromatic rings. The van der Waals surface area contributed by atoms with E-state index in [2.05, 4.69) is 28.3 Å². The molecule has 2 heterocycles. The second-order valence-electron chi connectivity index (χ2n) is 6.51. The lowest BCUT2D eigenvalue weighted by Crippen LogP contribution is -2.42. The van der Waals surface area contributed by atoms with Crippen molar-refractivity contribution in [2.75, 3.05) is 0 Å². The molecule has 0 bridgehead atoms. The highest BCUT2D eigenvalue weighted by Gasteiger charge is 2.46. The van der Waals surface area contributed by atoms with Crippen LogP contribution in [0.25, 0.3) is 0 Å². The molecule has 120 valence electrons. The quantitative estimate of drug-likeness (QED) is 0.727. The molecule has 0 saturated heterocycles. The van der Waals surface area contributed by atoms with Crippen LogP contribution in [-0.2, 0) is 10.2 Å². The van der Waals surface area contributed by atoms with Gasteiger partial charge in [-0.1, -0.05) is 54.6 Å². The maximum atomic E-state index is 12.6. The predicted molar refractivity (Wildman–Crippen MR) is 92.0 cm³/mol. The number of aryl methyl sites for hydroxylation is 1. The number of ketones is 1. The van der Waals surface area contributed by atoms with Crippen LogP contribution in [0.5, 0.6) is 0 Å². The van der Waals surface area contributed by atoms with E-state index in [1.807, 2.05) is 54.9 Å². The molecule has 0 aliphatic carbocycles. The van der Waals surface area contributed by atoms with E-state index in [1.54, 1.807) is 6.92 Å². The van der Waals surface area contributed by atoms with Gasteiger partial charge in [-0.25, -0.2) is 9.67 Å². The van der Waals surface area contributed by atoms with Gasteiger partial charge in [-0.2, -0.15) is 5.10 Å². The van der Waals surface area contributed by atoms with E-state index in [0.717, 1.165) is 22.5 Å². The van der Waals surface area contributed by atoms with Crippen LogP contribution in [0.1, 0.15) is 48.2 Å². The minimum atomic E-state index is -0.775. The van der Waals surface area contributed by atoms with Crippen LogP contribution >= 0.6 is 0 Å². The average Bonchev–Trinajstić information content (AvgIpc) is 2.98. The van der Waals surface area contributed by atoms with Gasteiger partial charge in [0.25, 0.3) is 0 Å². The van der Waals surface area contributed by atoms with Gasteiger partial charge in [0.2, 0.25) is 0 Å². The number of nitrogens with zero attached hydrogens (tertiary/aromatic N) is 3. The fraction of sp³-hybridized carbons (Fsp3) is 0.250. The van der Waals surface area contributed by atoms with Gasteiger partial charge in [0.1, 0.15) is 28.9 Å². The first-order valence-corrected chi connectivity index (χ1v) is 8.12. The Morgan fingerprint density at radius 2 is 1.75 bits per heavy atom. The van der Waals surface area contributed by atoms with E-state index in [4.69, 9.17) is 0 Å². The Labute approximate surface area is 141 Å². The van der Waals surface area contributed by atoms with Gasteiger partial charge in [0.15, 0.2) is 0 Å². The van der Waals surface area contributed by atoms with E-state index in [0.29, 0.717) is 5.82 Å². The lowest BCUT2D eigenvalue weighted by molar-refractivity contribution is -0.121. The van der Waals surface area contributed by atoms with Crippen molar-refractivity contribution in [3.05, 3.63) is 82.9 Å². The molecule has 24 heavy (non-hydrogen) atoms. The lowest BCUT2D eigenvalue weighted by Gasteiger charge is -2.37. The average molecular weight is 317 g/mol. The molecule has 0 N–H and O–H groups in total. The number of Topliss-reactive ketones (excluding diaryl/α,β-unsaturated/α-hetero) is 1. The van der Waals surface area contributed by atoms with Gasteiger partial charge in [-0.15, -0.1) is 0 Å². The van der Waals surface area contributed by atoms with Gasteiger partial charge >= 0.3 is 0 Å². The number of fused-ring (bicyclic) bond motifs is 2. The fourth-order valence-electron chi connectivity index (χ4n) is 3.70. The highest BCUT2D eigenvalue weighted by Crippen LogP contribution is 2.44. The minimum absolute atomic E-state index is 0.0639. The molecule has 4 rings (SSSR count). The Bertz CT molecular complexity index is 929. The Balaban J connectivity index is 2.08. The van der Waals surface area contributed by atoms with E-state index < -0.39 is 5.41 Å². The standard InChI is InChI=1S/C20H19N3O/c1-13(24)20(3)17-12-8-7-11-16(17)18(15-9-5-4-6-10-15)23-19(20)21-14(2)22-23/h4-12,18H,1-3H3/t18-,20-/m1/s1. The number of benzene rings is 2. The first-order valence-electron chi connectivity index (χ1n) is 8.12. The van der Waals surface area contributed by atoms with Crippen molar-refractivity contribution in [1.82, 2.24) is 14.8 Å². The van der Waals surface area contributed by atoms with Gasteiger partial charge < -0.3 is 0 Å². The van der Waals surface area contributed by atoms with Crippen LogP contribution in [0.15, 0.2) is 54.6 Å². The normalized spacial score (nSPS) is 21.9. The van der Waals surface area contributed by atoms with Crippen molar-refractivity contribution < 1.29 is 4.79 Å². The van der Waals surface area contributed by atoms with E-state index >= 15 is 0 Å². The lowest BCUT2D eigenvalue weighted by atomic mass is 9.71. The largest absolute Gasteiger partial charge is 0.299 e. The first kappa shape index (κ1) is 14.8. The summed E-state index contributed by atoms with van der Waals surface area (Å²) in [6.45, 7) is 5.46. The number of hydrogen-bond donors (Lipinski definition) is 0. The molecule has 1 aliphatic rings. The summed E-state index contributed by atoms with van der Waals surface area (Å²) >= 11 is 0. The Morgan fingerprint density at radius 3 is 2.46 bits per heavy atom. The zero-order valence-corrected chi connectivity index (χ0v) is 14.0. The monoisotopic (exact) mass is 317 g/mol. The van der Waals surface area contributed by atoms with Gasteiger partial charge in [-0.3, -0.25) is 4.79 Å². The number of carbonyl (C=O) groups excluding carboxylic acids is 1. The summed E-state index contributed by atoms with van der Waals surface area (Å²) in [7, 11) is 0. The van der Waals surface area contributed by atoms with Gasteiger partial charge in [-0.05, 0) is 37.5 Å². The van der Waals surface area contributed by atoms with E-state index in [-0.39, 0.29) is 11.8 Å². The molecule has 0 saturated carbocycles. The summed E-state index contributed by atoms with van der Waals surface area (Å²) in [5, 5.41) is 4.64. The number of rotatable bonds is 2. The predicted octanol–water partition coefficient (Wildman–Crippen LogP) is 3.43. The summed E-state index contributed by atoms with van der Waals surface area (Å²) in [6, 6.07) is 18.3. The minimum Gasteiger partial charge on any atom is -0.299 e. The molecular weight excluding hydrogens is 298 g/mol. The van der Waals surface area contributed by atoms with Crippen LogP contribution in [0.4, 0.5) is 0 Å². The second kappa shape index (κ2) is 5.13. The zero-order chi connectivity index (χ0) is 16.9. The molecule has 0 radical (unpaired) electrons. The molecule has 0 fully saturated rings. The summed E-state index contributed by atoms with van der Waals surface area (Å²) in [6.07, 6.45) is 0. The topological polar surface area (TPSA) is 47.8 Å². The molecule has 4 heteroatoms. The van der Waals surface area contributed by atoms with Crippen molar-refractivity contribution in [3.63, 3.8) is 0 Å². The van der Waals surface area contributed by atoms with Crippen LogP contribution in [0.3, 0.4) is 0 Å². The number of aromatic nitrogens is 3. The number of hydrogen-bond acceptors (Lipinski definition) is 3. The SMILES string of the molecule is CC(=O)[C@]1(C)c2ccccc2[C@@H](c2ccccc2)n2nc(C)nc21. The van der Waals surface area contributed by atoms with Crippen molar-refractivity contribution >= 4 is 5.78 Å². The molecule has 1 aliphatic heterocycles. The van der Waals surface area contributed by atoms with Crippen LogP contribution in [0, 0.1) is 6.92 Å². The summed E-state index contributed by atoms with van der Waals surface area (Å²) < 4.78 is 1.92. The third kappa shape index (κ3) is 1.89. The molecular formula is C20H19N3O. The van der Waals surface area contributed by atoms with Crippen molar-refractivity contribution in [3.8, 4) is 0 Å². The van der Waals surface area contributed by atoms with Gasteiger partial charge in [0.05, 0.1) is 0 Å². The summed E-state index contributed by atoms with van der Waals surface area (Å²) in [5.74, 6) is 1.49. The van der Waals surface area contributed by atoms with E-state index in [1.165, 1.54) is 0 Å². The van der Waals surface area contributed by atoms with Crippen molar-refractivity contribution in [2.45, 2.75) is 32.2 Å². The number of carbonyl (C=O) groups is 1. The third-order valence-corrected chi connectivity index (χ3v) is 5.04. The smallest absolute Gasteiger partial charge is 0.147 e. The highest BCUT2D eigenvalue weighted by atomic mass is 16.1. The maximum absolute atomic E-state index is 12.6. The van der Waals surface area contributed by atoms with Gasteiger partial charge in [0, 0.05) is 0 Å². The molecule has 1 aromatic heterocycles. The van der Waals surface area contributed by atoms with Crippen molar-refractivity contribution in [2.24, 2.45) is 0 Å². The highest BCUT2D eigenvalue weighted by molar-refractivity contribution is 5.91. The fourth-order valence-corrected chi connectivity index (χ4v) is 3.70. The van der Waals surface area contributed by atoms with Crippen LogP contribution in [-0.4, -0.2) is 20.5 Å². The molecule has 2 aromatic carbocycles. The molecule has 2 atom stereocenters. The molecule has 0 unspecified atom stereocenters. The molecule has 0 amide bonds. The molecule has 4 nitrogen and oxygen atoms in total. The third-order valence-electron chi connectivity index (χ3n) is 5.04. The Hall–Kier alpha value is -2.75. The summed E-state index contributed by atoms with van der Waals surface area (Å²) in [4.78, 5) is 17.2. The Kier molecular flexibility index (Phi) is 3.17. The van der Waals surface area contributed by atoms with E-state index in [9.17, 15) is 4.79 Å². The van der Waals surface area contributed by atoms with Crippen LogP contribution < -0.4 is 0 Å². The zero-order valence-electron chi connectivity index (χ0n) is 14.0. The maximum Gasteiger partial charge on any atom is 0.147 e. The molecule has 0 spiro atoms. The van der Waals surface area contributed by atoms with Crippen LogP contribution in [0.2, 0.25) is 0 Å². The Morgan fingerprint density at radius 1 is 1.08 bits per heavy atom. The second-order valence-corrected chi connectivity index (χ2v) is 6.51.